The zero-order valence-electron chi connectivity index (χ0n) is 14.2. The minimum absolute atomic E-state index is 0.137. The number of carbonyl (C=O) groups excluding carboxylic acids is 1. The van der Waals surface area contributed by atoms with E-state index in [4.69, 9.17) is 9.47 Å². The highest BCUT2D eigenvalue weighted by Gasteiger charge is 2.16. The molecule has 1 aromatic carbocycles. The molecule has 0 bridgehead atoms. The fraction of sp³-hybridized carbons (Fsp3) is 0.333. The van der Waals surface area contributed by atoms with Crippen molar-refractivity contribution >= 4 is 5.91 Å². The maximum absolute atomic E-state index is 12.6. The number of hydrogen-bond acceptors (Lipinski definition) is 4. The van der Waals surface area contributed by atoms with Gasteiger partial charge in [0.2, 0.25) is 5.56 Å². The SMILES string of the molecule is CCOc1ccc(CN(CC)C(=O)c2ccc(=O)[nH]c2)cc1OC. The highest BCUT2D eigenvalue weighted by molar-refractivity contribution is 5.93. The lowest BCUT2D eigenvalue weighted by atomic mass is 10.1. The van der Waals surface area contributed by atoms with Crippen LogP contribution in [-0.4, -0.2) is 36.1 Å². The first-order chi connectivity index (χ1) is 11.6. The molecule has 128 valence electrons. The summed E-state index contributed by atoms with van der Waals surface area (Å²) in [5, 5.41) is 0. The predicted molar refractivity (Wildman–Crippen MR) is 91.6 cm³/mol. The second-order valence-corrected chi connectivity index (χ2v) is 5.18. The van der Waals surface area contributed by atoms with Crippen LogP contribution in [0.1, 0.15) is 29.8 Å². The second-order valence-electron chi connectivity index (χ2n) is 5.18. The smallest absolute Gasteiger partial charge is 0.255 e. The number of amides is 1. The van der Waals surface area contributed by atoms with E-state index in [1.165, 1.54) is 18.3 Å². The monoisotopic (exact) mass is 330 g/mol. The van der Waals surface area contributed by atoms with Gasteiger partial charge in [-0.2, -0.15) is 0 Å². The summed E-state index contributed by atoms with van der Waals surface area (Å²) in [7, 11) is 1.59. The van der Waals surface area contributed by atoms with Crippen molar-refractivity contribution in [2.24, 2.45) is 0 Å². The molecule has 1 aromatic heterocycles. The fourth-order valence-electron chi connectivity index (χ4n) is 2.36. The maximum Gasteiger partial charge on any atom is 0.255 e. The number of benzene rings is 1. The Labute approximate surface area is 141 Å². The Morgan fingerprint density at radius 1 is 1.17 bits per heavy atom. The van der Waals surface area contributed by atoms with Crippen LogP contribution in [0, 0.1) is 0 Å². The summed E-state index contributed by atoms with van der Waals surface area (Å²) < 4.78 is 10.8. The lowest BCUT2D eigenvalue weighted by Gasteiger charge is -2.21. The van der Waals surface area contributed by atoms with Crippen LogP contribution in [0.25, 0.3) is 0 Å². The zero-order chi connectivity index (χ0) is 17.5. The summed E-state index contributed by atoms with van der Waals surface area (Å²) in [6.07, 6.45) is 1.44. The van der Waals surface area contributed by atoms with E-state index in [0.29, 0.717) is 36.8 Å². The van der Waals surface area contributed by atoms with Crippen LogP contribution in [0.15, 0.2) is 41.3 Å². The number of H-pyrrole nitrogens is 1. The van der Waals surface area contributed by atoms with Gasteiger partial charge >= 0.3 is 0 Å². The molecule has 0 unspecified atom stereocenters. The number of ether oxygens (including phenoxy) is 2. The molecule has 0 saturated heterocycles. The summed E-state index contributed by atoms with van der Waals surface area (Å²) in [6, 6.07) is 8.50. The van der Waals surface area contributed by atoms with Gasteiger partial charge in [-0.15, -0.1) is 0 Å². The molecule has 2 aromatic rings. The second kappa shape index (κ2) is 8.19. The van der Waals surface area contributed by atoms with Crippen LogP contribution in [-0.2, 0) is 6.54 Å². The molecule has 0 aliphatic rings. The molecule has 1 amide bonds. The summed E-state index contributed by atoms with van der Waals surface area (Å²) >= 11 is 0. The summed E-state index contributed by atoms with van der Waals surface area (Å²) in [6.45, 7) is 5.37. The number of pyridine rings is 1. The van der Waals surface area contributed by atoms with Crippen molar-refractivity contribution in [1.29, 1.82) is 0 Å². The van der Waals surface area contributed by atoms with E-state index in [0.717, 1.165) is 5.56 Å². The predicted octanol–water partition coefficient (Wildman–Crippen LogP) is 2.44. The fourth-order valence-corrected chi connectivity index (χ4v) is 2.36. The third kappa shape index (κ3) is 4.16. The van der Waals surface area contributed by atoms with Crippen LogP contribution in [0.3, 0.4) is 0 Å². The highest BCUT2D eigenvalue weighted by atomic mass is 16.5. The van der Waals surface area contributed by atoms with Crippen LogP contribution in [0.5, 0.6) is 11.5 Å². The van der Waals surface area contributed by atoms with Crippen LogP contribution in [0.4, 0.5) is 0 Å². The standard InChI is InChI=1S/C18H22N2O4/c1-4-20(18(22)14-7-9-17(21)19-11-14)12-13-6-8-15(24-5-2)16(10-13)23-3/h6-11H,4-5,12H2,1-3H3,(H,19,21). The third-order valence-corrected chi connectivity index (χ3v) is 3.60. The van der Waals surface area contributed by atoms with Crippen molar-refractivity contribution in [1.82, 2.24) is 9.88 Å². The Morgan fingerprint density at radius 3 is 2.54 bits per heavy atom. The van der Waals surface area contributed by atoms with Gasteiger partial charge in [-0.3, -0.25) is 9.59 Å². The van der Waals surface area contributed by atoms with E-state index < -0.39 is 0 Å². The molecular weight excluding hydrogens is 308 g/mol. The van der Waals surface area contributed by atoms with Gasteiger partial charge in [0.25, 0.3) is 5.91 Å². The first-order valence-electron chi connectivity index (χ1n) is 7.86. The van der Waals surface area contributed by atoms with Crippen LogP contribution >= 0.6 is 0 Å². The van der Waals surface area contributed by atoms with Gasteiger partial charge in [0.1, 0.15) is 0 Å². The number of aromatic nitrogens is 1. The average Bonchev–Trinajstić information content (AvgIpc) is 2.61. The number of hydrogen-bond donors (Lipinski definition) is 1. The Bertz CT molecular complexity index is 734. The Kier molecular flexibility index (Phi) is 6.01. The molecule has 0 radical (unpaired) electrons. The molecule has 6 nitrogen and oxygen atoms in total. The van der Waals surface area contributed by atoms with Gasteiger partial charge in [-0.05, 0) is 37.6 Å². The first-order valence-corrected chi connectivity index (χ1v) is 7.86. The Morgan fingerprint density at radius 2 is 1.96 bits per heavy atom. The molecule has 0 spiro atoms. The molecule has 0 aliphatic carbocycles. The lowest BCUT2D eigenvalue weighted by molar-refractivity contribution is 0.0752. The normalized spacial score (nSPS) is 10.3. The lowest BCUT2D eigenvalue weighted by Crippen LogP contribution is -2.30. The molecule has 0 saturated carbocycles. The molecular formula is C18H22N2O4. The van der Waals surface area contributed by atoms with E-state index in [1.54, 1.807) is 12.0 Å². The van der Waals surface area contributed by atoms with Crippen molar-refractivity contribution in [2.45, 2.75) is 20.4 Å². The van der Waals surface area contributed by atoms with E-state index in [1.807, 2.05) is 32.0 Å². The van der Waals surface area contributed by atoms with Crippen molar-refractivity contribution < 1.29 is 14.3 Å². The molecule has 0 atom stereocenters. The Balaban J connectivity index is 2.19. The number of aromatic amines is 1. The largest absolute Gasteiger partial charge is 0.493 e. The van der Waals surface area contributed by atoms with Gasteiger partial charge in [0, 0.05) is 25.4 Å². The van der Waals surface area contributed by atoms with Gasteiger partial charge in [0.15, 0.2) is 11.5 Å². The van der Waals surface area contributed by atoms with Gasteiger partial charge < -0.3 is 19.4 Å². The molecule has 6 heteroatoms. The van der Waals surface area contributed by atoms with E-state index in [9.17, 15) is 9.59 Å². The van der Waals surface area contributed by atoms with E-state index >= 15 is 0 Å². The molecule has 1 heterocycles. The molecule has 0 aliphatic heterocycles. The van der Waals surface area contributed by atoms with Crippen molar-refractivity contribution in [3.8, 4) is 11.5 Å². The van der Waals surface area contributed by atoms with Crippen LogP contribution < -0.4 is 15.0 Å². The number of nitrogens with zero attached hydrogens (tertiary/aromatic N) is 1. The summed E-state index contributed by atoms with van der Waals surface area (Å²) in [4.78, 5) is 27.9. The van der Waals surface area contributed by atoms with Gasteiger partial charge in [0.05, 0.1) is 19.3 Å². The molecule has 0 fully saturated rings. The van der Waals surface area contributed by atoms with E-state index in [-0.39, 0.29) is 11.5 Å². The minimum Gasteiger partial charge on any atom is -0.493 e. The van der Waals surface area contributed by atoms with E-state index in [2.05, 4.69) is 4.98 Å². The number of rotatable bonds is 7. The Hall–Kier alpha value is -2.76. The summed E-state index contributed by atoms with van der Waals surface area (Å²) in [5.74, 6) is 1.18. The molecule has 1 N–H and O–H groups in total. The molecule has 24 heavy (non-hydrogen) atoms. The quantitative estimate of drug-likeness (QED) is 0.846. The van der Waals surface area contributed by atoms with Crippen LogP contribution in [0.2, 0.25) is 0 Å². The first kappa shape index (κ1) is 17.6. The van der Waals surface area contributed by atoms with Gasteiger partial charge in [-0.1, -0.05) is 6.07 Å². The van der Waals surface area contributed by atoms with Gasteiger partial charge in [-0.25, -0.2) is 0 Å². The van der Waals surface area contributed by atoms with Crippen molar-refractivity contribution in [3.63, 3.8) is 0 Å². The topological polar surface area (TPSA) is 71.6 Å². The highest BCUT2D eigenvalue weighted by Crippen LogP contribution is 2.28. The number of nitrogens with one attached hydrogen (secondary N) is 1. The van der Waals surface area contributed by atoms with Crippen molar-refractivity contribution in [3.05, 3.63) is 58.0 Å². The third-order valence-electron chi connectivity index (χ3n) is 3.60. The maximum atomic E-state index is 12.6. The summed E-state index contributed by atoms with van der Waals surface area (Å²) in [5.41, 5.74) is 1.16. The number of methoxy groups -OCH3 is 1. The van der Waals surface area contributed by atoms with Crippen molar-refractivity contribution in [2.75, 3.05) is 20.3 Å². The minimum atomic E-state index is -0.231. The molecule has 2 rings (SSSR count). The number of carbonyl (C=O) groups is 1. The average molecular weight is 330 g/mol. The zero-order valence-corrected chi connectivity index (χ0v) is 14.2.